The zero-order chi connectivity index (χ0) is 12.7. The predicted octanol–water partition coefficient (Wildman–Crippen LogP) is 2.05. The van der Waals surface area contributed by atoms with E-state index in [-0.39, 0.29) is 36.7 Å². The molecule has 0 aromatic carbocycles. The smallest absolute Gasteiger partial charge is 0.262 e. The summed E-state index contributed by atoms with van der Waals surface area (Å²) in [7, 11) is 0. The average Bonchev–Trinajstić information content (AvgIpc) is 2.82. The van der Waals surface area contributed by atoms with Gasteiger partial charge in [0.15, 0.2) is 0 Å². The Hall–Kier alpha value is -0.420. The van der Waals surface area contributed by atoms with Crippen LogP contribution in [0.2, 0.25) is 0 Å². The van der Waals surface area contributed by atoms with Gasteiger partial charge in [0.2, 0.25) is 5.91 Å². The molecule has 1 N–H and O–H groups in total. The van der Waals surface area contributed by atoms with Crippen LogP contribution in [0.3, 0.4) is 0 Å². The number of carbonyl (C=O) groups is 1. The van der Waals surface area contributed by atoms with Gasteiger partial charge in [-0.2, -0.15) is 0 Å². The molecule has 0 saturated carbocycles. The second-order valence-electron chi connectivity index (χ2n) is 5.67. The molecule has 18 heavy (non-hydrogen) atoms. The summed E-state index contributed by atoms with van der Waals surface area (Å²) in [5.74, 6) is -2.88. The van der Waals surface area contributed by atoms with Crippen molar-refractivity contribution in [3.05, 3.63) is 0 Å². The van der Waals surface area contributed by atoms with E-state index in [4.69, 9.17) is 0 Å². The van der Waals surface area contributed by atoms with Crippen molar-refractivity contribution in [2.75, 3.05) is 19.6 Å². The maximum Gasteiger partial charge on any atom is 0.262 e. The molecule has 0 aromatic rings. The summed E-state index contributed by atoms with van der Waals surface area (Å²) >= 11 is 0. The van der Waals surface area contributed by atoms with Crippen LogP contribution in [0, 0.1) is 5.41 Å². The van der Waals surface area contributed by atoms with Gasteiger partial charge in [0.05, 0.1) is 12.6 Å². The highest BCUT2D eigenvalue weighted by atomic mass is 35.5. The Morgan fingerprint density at radius 1 is 1.50 bits per heavy atom. The molecule has 3 nitrogen and oxygen atoms in total. The minimum absolute atomic E-state index is 0. The molecule has 0 aliphatic carbocycles. The van der Waals surface area contributed by atoms with Gasteiger partial charge in [0.25, 0.3) is 5.92 Å². The molecule has 2 rings (SSSR count). The van der Waals surface area contributed by atoms with Crippen LogP contribution in [0.25, 0.3) is 0 Å². The number of nitrogens with one attached hydrogen (secondary N) is 1. The molecule has 2 aliphatic rings. The normalized spacial score (nSPS) is 34.4. The molecule has 2 aliphatic heterocycles. The lowest BCUT2D eigenvalue weighted by Gasteiger charge is -2.24. The highest BCUT2D eigenvalue weighted by Crippen LogP contribution is 2.34. The Bertz CT molecular complexity index is 327. The Morgan fingerprint density at radius 2 is 2.17 bits per heavy atom. The molecule has 2 fully saturated rings. The fourth-order valence-electron chi connectivity index (χ4n) is 2.61. The van der Waals surface area contributed by atoms with Gasteiger partial charge in [0.1, 0.15) is 0 Å². The van der Waals surface area contributed by atoms with E-state index in [2.05, 4.69) is 19.2 Å². The minimum Gasteiger partial charge on any atom is -0.341 e. The van der Waals surface area contributed by atoms with Gasteiger partial charge in [-0.25, -0.2) is 8.78 Å². The SMILES string of the molecule is CCC1(C)CCN(C(=O)C2CC(F)(F)CN2)C1.Cl. The van der Waals surface area contributed by atoms with Gasteiger partial charge in [-0.15, -0.1) is 12.4 Å². The third kappa shape index (κ3) is 3.12. The quantitative estimate of drug-likeness (QED) is 0.841. The van der Waals surface area contributed by atoms with E-state index in [1.54, 1.807) is 4.90 Å². The van der Waals surface area contributed by atoms with E-state index in [0.717, 1.165) is 12.8 Å². The van der Waals surface area contributed by atoms with Gasteiger partial charge >= 0.3 is 0 Å². The Balaban J connectivity index is 0.00000162. The van der Waals surface area contributed by atoms with Gasteiger partial charge < -0.3 is 4.90 Å². The molecule has 0 bridgehead atoms. The summed E-state index contributed by atoms with van der Waals surface area (Å²) in [6, 6.07) is -0.691. The lowest BCUT2D eigenvalue weighted by molar-refractivity contribution is -0.133. The van der Waals surface area contributed by atoms with Crippen molar-refractivity contribution >= 4 is 18.3 Å². The number of carbonyl (C=O) groups excluding carboxylic acids is 1. The van der Waals surface area contributed by atoms with Crippen LogP contribution in [0.4, 0.5) is 8.78 Å². The Kier molecular flexibility index (Phi) is 4.60. The summed E-state index contributed by atoms with van der Waals surface area (Å²) in [6.07, 6.45) is 1.63. The predicted molar refractivity (Wildman–Crippen MR) is 68.2 cm³/mol. The summed E-state index contributed by atoms with van der Waals surface area (Å²) in [6.45, 7) is 5.29. The maximum absolute atomic E-state index is 13.0. The van der Waals surface area contributed by atoms with Crippen molar-refractivity contribution in [2.24, 2.45) is 5.41 Å². The molecule has 0 radical (unpaired) electrons. The monoisotopic (exact) mass is 282 g/mol. The van der Waals surface area contributed by atoms with Crippen LogP contribution >= 0.6 is 12.4 Å². The summed E-state index contributed by atoms with van der Waals surface area (Å²) in [4.78, 5) is 13.8. The summed E-state index contributed by atoms with van der Waals surface area (Å²) < 4.78 is 26.1. The van der Waals surface area contributed by atoms with E-state index in [9.17, 15) is 13.6 Å². The standard InChI is InChI=1S/C12H20F2N2O.ClH/c1-3-11(2)4-5-16(8-11)10(17)9-6-12(13,14)7-15-9;/h9,15H,3-8H2,1-2H3;1H. The van der Waals surface area contributed by atoms with Crippen molar-refractivity contribution in [1.29, 1.82) is 0 Å². The molecule has 2 saturated heterocycles. The lowest BCUT2D eigenvalue weighted by Crippen LogP contribution is -2.43. The molecular weight excluding hydrogens is 262 g/mol. The molecule has 1 amide bonds. The second kappa shape index (κ2) is 5.29. The van der Waals surface area contributed by atoms with Gasteiger partial charge in [-0.05, 0) is 18.3 Å². The first-order valence-corrected chi connectivity index (χ1v) is 6.25. The zero-order valence-electron chi connectivity index (χ0n) is 10.8. The Labute approximate surface area is 113 Å². The van der Waals surface area contributed by atoms with Gasteiger partial charge in [-0.3, -0.25) is 10.1 Å². The first kappa shape index (κ1) is 15.6. The van der Waals surface area contributed by atoms with Crippen molar-refractivity contribution in [3.63, 3.8) is 0 Å². The Morgan fingerprint density at radius 3 is 2.61 bits per heavy atom. The lowest BCUT2D eigenvalue weighted by atomic mass is 9.87. The molecule has 106 valence electrons. The van der Waals surface area contributed by atoms with Crippen LogP contribution in [0.1, 0.15) is 33.1 Å². The molecular formula is C12H21ClF2N2O. The fraction of sp³-hybridized carbons (Fsp3) is 0.917. The van der Waals surface area contributed by atoms with Crippen LogP contribution in [0.5, 0.6) is 0 Å². The van der Waals surface area contributed by atoms with Crippen LogP contribution in [0.15, 0.2) is 0 Å². The van der Waals surface area contributed by atoms with Crippen LogP contribution < -0.4 is 5.32 Å². The third-order valence-electron chi connectivity index (χ3n) is 4.13. The number of halogens is 3. The maximum atomic E-state index is 13.0. The fourth-order valence-corrected chi connectivity index (χ4v) is 2.61. The van der Waals surface area contributed by atoms with Gasteiger partial charge in [0, 0.05) is 19.5 Å². The molecule has 2 unspecified atom stereocenters. The number of alkyl halides is 2. The van der Waals surface area contributed by atoms with E-state index in [1.807, 2.05) is 0 Å². The number of nitrogens with zero attached hydrogens (tertiary/aromatic N) is 1. The number of likely N-dealkylation sites (tertiary alicyclic amines) is 1. The largest absolute Gasteiger partial charge is 0.341 e. The summed E-state index contributed by atoms with van der Waals surface area (Å²) in [5.41, 5.74) is 0.163. The molecule has 2 heterocycles. The van der Waals surface area contributed by atoms with E-state index >= 15 is 0 Å². The highest BCUT2D eigenvalue weighted by Gasteiger charge is 2.45. The van der Waals surface area contributed by atoms with E-state index in [0.29, 0.717) is 13.1 Å². The van der Waals surface area contributed by atoms with E-state index < -0.39 is 12.0 Å². The van der Waals surface area contributed by atoms with Crippen molar-refractivity contribution in [3.8, 4) is 0 Å². The molecule has 0 spiro atoms. The highest BCUT2D eigenvalue weighted by molar-refractivity contribution is 5.85. The van der Waals surface area contributed by atoms with Crippen molar-refractivity contribution < 1.29 is 13.6 Å². The third-order valence-corrected chi connectivity index (χ3v) is 4.13. The molecule has 2 atom stereocenters. The summed E-state index contributed by atoms with van der Waals surface area (Å²) in [5, 5.41) is 2.63. The van der Waals surface area contributed by atoms with Crippen molar-refractivity contribution in [1.82, 2.24) is 10.2 Å². The first-order chi connectivity index (χ1) is 7.85. The van der Waals surface area contributed by atoms with Crippen LogP contribution in [-0.4, -0.2) is 42.4 Å². The number of amides is 1. The number of hydrogen-bond acceptors (Lipinski definition) is 2. The minimum atomic E-state index is -2.73. The number of rotatable bonds is 2. The van der Waals surface area contributed by atoms with Crippen LogP contribution in [-0.2, 0) is 4.79 Å². The average molecular weight is 283 g/mol. The second-order valence-corrected chi connectivity index (χ2v) is 5.67. The van der Waals surface area contributed by atoms with Gasteiger partial charge in [-0.1, -0.05) is 13.8 Å². The van der Waals surface area contributed by atoms with E-state index in [1.165, 1.54) is 0 Å². The topological polar surface area (TPSA) is 32.3 Å². The van der Waals surface area contributed by atoms with Crippen molar-refractivity contribution in [2.45, 2.75) is 45.1 Å². The molecule has 6 heteroatoms. The first-order valence-electron chi connectivity index (χ1n) is 6.25. The zero-order valence-corrected chi connectivity index (χ0v) is 11.7. The molecule has 0 aromatic heterocycles. The number of hydrogen-bond donors (Lipinski definition) is 1.